The largest absolute Gasteiger partial charge is 0.398 e. The highest BCUT2D eigenvalue weighted by molar-refractivity contribution is 7.99. The molecule has 134 valence electrons. The number of rotatable bonds is 4. The molecule has 0 atom stereocenters. The van der Waals surface area contributed by atoms with Gasteiger partial charge in [0.2, 0.25) is 5.91 Å². The Kier molecular flexibility index (Phi) is 4.59. The number of nitrogens with zero attached hydrogens (tertiary/aromatic N) is 3. The van der Waals surface area contributed by atoms with Crippen molar-refractivity contribution in [1.29, 1.82) is 0 Å². The summed E-state index contributed by atoms with van der Waals surface area (Å²) in [5.41, 5.74) is 12.1. The van der Waals surface area contributed by atoms with E-state index in [1.54, 1.807) is 11.8 Å². The third-order valence-corrected chi connectivity index (χ3v) is 5.66. The summed E-state index contributed by atoms with van der Waals surface area (Å²) in [7, 11) is 0. The first-order valence-corrected chi connectivity index (χ1v) is 9.97. The van der Waals surface area contributed by atoms with Crippen LogP contribution in [0.4, 0.5) is 11.4 Å². The first-order valence-electron chi connectivity index (χ1n) is 8.81. The monoisotopic (exact) mass is 366 g/mol. The van der Waals surface area contributed by atoms with Crippen molar-refractivity contribution in [2.24, 2.45) is 0 Å². The number of pyridine rings is 1. The van der Waals surface area contributed by atoms with Crippen molar-refractivity contribution >= 4 is 34.7 Å². The van der Waals surface area contributed by atoms with Gasteiger partial charge in [-0.15, -0.1) is 11.8 Å². The Balaban J connectivity index is 1.41. The van der Waals surface area contributed by atoms with Gasteiger partial charge in [0, 0.05) is 36.1 Å². The van der Waals surface area contributed by atoms with Crippen LogP contribution in [0.3, 0.4) is 0 Å². The molecule has 26 heavy (non-hydrogen) atoms. The zero-order chi connectivity index (χ0) is 18.1. The molecule has 6 heteroatoms. The van der Waals surface area contributed by atoms with Crippen molar-refractivity contribution in [3.63, 3.8) is 0 Å². The molecule has 0 saturated carbocycles. The molecule has 3 heterocycles. The van der Waals surface area contributed by atoms with Gasteiger partial charge in [0.05, 0.1) is 11.4 Å². The van der Waals surface area contributed by atoms with E-state index < -0.39 is 0 Å². The Bertz CT molecular complexity index is 966. The van der Waals surface area contributed by atoms with E-state index in [-0.39, 0.29) is 5.91 Å². The Morgan fingerprint density at radius 3 is 3.04 bits per heavy atom. The second kappa shape index (κ2) is 7.03. The fraction of sp³-hybridized carbons (Fsp3) is 0.300. The average molecular weight is 366 g/mol. The summed E-state index contributed by atoms with van der Waals surface area (Å²) in [5.74, 6) is 1.31. The van der Waals surface area contributed by atoms with E-state index in [1.165, 1.54) is 5.56 Å². The van der Waals surface area contributed by atoms with Crippen LogP contribution in [0.25, 0.3) is 5.65 Å². The van der Waals surface area contributed by atoms with Crippen LogP contribution in [-0.4, -0.2) is 27.6 Å². The van der Waals surface area contributed by atoms with Gasteiger partial charge in [-0.2, -0.15) is 0 Å². The number of imidazole rings is 1. The maximum atomic E-state index is 12.7. The average Bonchev–Trinajstić information content (AvgIpc) is 3.03. The Morgan fingerprint density at radius 2 is 2.15 bits per heavy atom. The first-order chi connectivity index (χ1) is 12.6. The molecule has 0 unspecified atom stereocenters. The zero-order valence-corrected chi connectivity index (χ0v) is 15.6. The molecule has 0 saturated heterocycles. The van der Waals surface area contributed by atoms with E-state index in [1.807, 2.05) is 39.8 Å². The number of fused-ring (bicyclic) bond motifs is 2. The van der Waals surface area contributed by atoms with Gasteiger partial charge in [0.25, 0.3) is 0 Å². The minimum atomic E-state index is 0.140. The van der Waals surface area contributed by atoms with Crippen LogP contribution in [0.5, 0.6) is 0 Å². The standard InChI is InChI=1S/C20H22N4OS/c1-14-7-8-19-22-15(11-23(19)10-14)12-26-13-20(25)24-9-3-4-16-17(21)5-2-6-18(16)24/h2,5-8,10-11H,3-4,9,12-13,21H2,1H3. The number of hydrogen-bond donors (Lipinski definition) is 1. The highest BCUT2D eigenvalue weighted by Crippen LogP contribution is 2.31. The number of aromatic nitrogens is 2. The van der Waals surface area contributed by atoms with Crippen LogP contribution in [0.1, 0.15) is 23.2 Å². The van der Waals surface area contributed by atoms with E-state index in [4.69, 9.17) is 5.73 Å². The number of anilines is 2. The number of carbonyl (C=O) groups excluding carboxylic acids is 1. The molecule has 0 bridgehead atoms. The van der Waals surface area contributed by atoms with Crippen LogP contribution in [0, 0.1) is 6.92 Å². The van der Waals surface area contributed by atoms with E-state index in [2.05, 4.69) is 24.2 Å². The third-order valence-electron chi connectivity index (χ3n) is 4.71. The van der Waals surface area contributed by atoms with E-state index in [9.17, 15) is 4.79 Å². The van der Waals surface area contributed by atoms with E-state index >= 15 is 0 Å². The number of benzene rings is 1. The fourth-order valence-electron chi connectivity index (χ4n) is 3.46. The lowest BCUT2D eigenvalue weighted by Crippen LogP contribution is -2.37. The number of carbonyl (C=O) groups is 1. The Morgan fingerprint density at radius 1 is 1.27 bits per heavy atom. The van der Waals surface area contributed by atoms with Crippen molar-refractivity contribution < 1.29 is 4.79 Å². The molecule has 0 fully saturated rings. The minimum absolute atomic E-state index is 0.140. The Hall–Kier alpha value is -2.47. The molecule has 2 aromatic heterocycles. The summed E-state index contributed by atoms with van der Waals surface area (Å²) in [4.78, 5) is 19.2. The van der Waals surface area contributed by atoms with Crippen LogP contribution in [0.15, 0.2) is 42.7 Å². The van der Waals surface area contributed by atoms with Gasteiger partial charge in [-0.3, -0.25) is 4.79 Å². The summed E-state index contributed by atoms with van der Waals surface area (Å²) >= 11 is 1.61. The van der Waals surface area contributed by atoms with Crippen LogP contribution < -0.4 is 10.6 Å². The molecular weight excluding hydrogens is 344 g/mol. The maximum Gasteiger partial charge on any atom is 0.236 e. The minimum Gasteiger partial charge on any atom is -0.398 e. The summed E-state index contributed by atoms with van der Waals surface area (Å²) in [6, 6.07) is 9.90. The summed E-state index contributed by atoms with van der Waals surface area (Å²) in [6.07, 6.45) is 6.01. The number of thioether (sulfide) groups is 1. The van der Waals surface area contributed by atoms with Gasteiger partial charge in [-0.05, 0) is 49.1 Å². The first kappa shape index (κ1) is 17.0. The van der Waals surface area contributed by atoms with Gasteiger partial charge in [-0.1, -0.05) is 12.1 Å². The molecular formula is C20H22N4OS. The third kappa shape index (κ3) is 3.29. The summed E-state index contributed by atoms with van der Waals surface area (Å²) < 4.78 is 2.04. The number of amides is 1. The molecule has 1 aliphatic heterocycles. The van der Waals surface area contributed by atoms with Gasteiger partial charge < -0.3 is 15.0 Å². The second-order valence-corrected chi connectivity index (χ2v) is 7.68. The number of nitrogens with two attached hydrogens (primary N) is 1. The summed E-state index contributed by atoms with van der Waals surface area (Å²) in [5, 5.41) is 0. The van der Waals surface area contributed by atoms with Crippen molar-refractivity contribution in [3.8, 4) is 0 Å². The molecule has 2 N–H and O–H groups in total. The van der Waals surface area contributed by atoms with Crippen molar-refractivity contribution in [3.05, 3.63) is 59.5 Å². The topological polar surface area (TPSA) is 63.6 Å². The molecule has 0 aliphatic carbocycles. The van der Waals surface area contributed by atoms with Crippen LogP contribution >= 0.6 is 11.8 Å². The van der Waals surface area contributed by atoms with E-state index in [0.29, 0.717) is 5.75 Å². The Labute approximate surface area is 157 Å². The molecule has 0 spiro atoms. The van der Waals surface area contributed by atoms with Gasteiger partial charge >= 0.3 is 0 Å². The van der Waals surface area contributed by atoms with Gasteiger partial charge in [-0.25, -0.2) is 4.98 Å². The predicted octanol–water partition coefficient (Wildman–Crippen LogP) is 3.44. The molecule has 1 aromatic carbocycles. The normalized spacial score (nSPS) is 13.8. The highest BCUT2D eigenvalue weighted by atomic mass is 32.2. The van der Waals surface area contributed by atoms with Crippen molar-refractivity contribution in [2.45, 2.75) is 25.5 Å². The van der Waals surface area contributed by atoms with Crippen molar-refractivity contribution in [1.82, 2.24) is 9.38 Å². The predicted molar refractivity (Wildman–Crippen MR) is 108 cm³/mol. The van der Waals surface area contributed by atoms with Gasteiger partial charge in [0.15, 0.2) is 0 Å². The molecule has 1 amide bonds. The smallest absolute Gasteiger partial charge is 0.236 e. The number of nitrogen functional groups attached to an aromatic ring is 1. The van der Waals surface area contributed by atoms with Gasteiger partial charge in [0.1, 0.15) is 5.65 Å². The van der Waals surface area contributed by atoms with Crippen molar-refractivity contribution in [2.75, 3.05) is 22.9 Å². The summed E-state index contributed by atoms with van der Waals surface area (Å²) in [6.45, 7) is 2.83. The van der Waals surface area contributed by atoms with Crippen LogP contribution in [-0.2, 0) is 17.0 Å². The van der Waals surface area contributed by atoms with E-state index in [0.717, 1.165) is 53.4 Å². The lowest BCUT2D eigenvalue weighted by molar-refractivity contribution is -0.116. The van der Waals surface area contributed by atoms with Crippen LogP contribution in [0.2, 0.25) is 0 Å². The fourth-order valence-corrected chi connectivity index (χ4v) is 4.24. The molecule has 5 nitrogen and oxygen atoms in total. The SMILES string of the molecule is Cc1ccc2nc(CSCC(=O)N3CCCc4c(N)cccc43)cn2c1. The molecule has 4 rings (SSSR count). The number of hydrogen-bond acceptors (Lipinski definition) is 4. The zero-order valence-electron chi connectivity index (χ0n) is 14.8. The molecule has 3 aromatic rings. The lowest BCUT2D eigenvalue weighted by atomic mass is 10.00. The number of aryl methyl sites for hydroxylation is 1. The lowest BCUT2D eigenvalue weighted by Gasteiger charge is -2.30. The molecule has 1 aliphatic rings. The highest BCUT2D eigenvalue weighted by Gasteiger charge is 2.23. The quantitative estimate of drug-likeness (QED) is 0.719. The molecule has 0 radical (unpaired) electrons. The maximum absolute atomic E-state index is 12.7. The second-order valence-electron chi connectivity index (χ2n) is 6.69.